The minimum absolute atomic E-state index is 0.142. The fourth-order valence-electron chi connectivity index (χ4n) is 2.84. The van der Waals surface area contributed by atoms with Crippen molar-refractivity contribution in [2.75, 3.05) is 23.9 Å². The third kappa shape index (κ3) is 5.99. The third-order valence-corrected chi connectivity index (χ3v) is 3.97. The smallest absolute Gasteiger partial charge is 0.410 e. The van der Waals surface area contributed by atoms with Crippen molar-refractivity contribution in [3.8, 4) is 0 Å². The quantitative estimate of drug-likeness (QED) is 0.543. The minimum atomic E-state index is -0.654. The molecule has 1 aromatic rings. The van der Waals surface area contributed by atoms with Crippen molar-refractivity contribution in [1.82, 2.24) is 4.90 Å². The topological polar surface area (TPSA) is 100 Å². The number of esters is 1. The van der Waals surface area contributed by atoms with Crippen LogP contribution in [0.15, 0.2) is 18.2 Å². The Morgan fingerprint density at radius 2 is 2.00 bits per heavy atom. The molecule has 1 heterocycles. The average molecular weight is 383 g/mol. The largest absolute Gasteiger partial charge is 0.458 e. The number of piperidine rings is 1. The molecule has 0 spiro atoms. The summed E-state index contributed by atoms with van der Waals surface area (Å²) in [5, 5.41) is 12.3. The highest BCUT2D eigenvalue weighted by molar-refractivity contribution is 5.70. The van der Waals surface area contributed by atoms with Gasteiger partial charge in [-0.15, -0.1) is 0 Å². The molecule has 27 heavy (non-hydrogen) atoms. The molecule has 1 aliphatic rings. The maximum absolute atomic E-state index is 13.6. The Balaban J connectivity index is 2.14. The van der Waals surface area contributed by atoms with E-state index in [-0.39, 0.29) is 18.3 Å². The van der Waals surface area contributed by atoms with Crippen LogP contribution in [0.1, 0.15) is 34.1 Å². The predicted molar refractivity (Wildman–Crippen MR) is 97.2 cm³/mol. The fourth-order valence-corrected chi connectivity index (χ4v) is 2.84. The van der Waals surface area contributed by atoms with Crippen LogP contribution in [0.25, 0.3) is 0 Å². The van der Waals surface area contributed by atoms with Gasteiger partial charge < -0.3 is 19.7 Å². The van der Waals surface area contributed by atoms with Crippen molar-refractivity contribution < 1.29 is 28.7 Å². The molecule has 2 rings (SSSR count). The number of carbonyl (C=O) groups is 2. The van der Waals surface area contributed by atoms with Crippen LogP contribution in [-0.2, 0) is 14.3 Å². The zero-order chi connectivity index (χ0) is 20.2. The molecular formula is C18H26FN3O5. The first-order valence-corrected chi connectivity index (χ1v) is 8.70. The molecule has 0 aromatic heterocycles. The summed E-state index contributed by atoms with van der Waals surface area (Å²) in [6.45, 7) is 7.12. The molecule has 8 nitrogen and oxygen atoms in total. The third-order valence-electron chi connectivity index (χ3n) is 3.97. The zero-order valence-electron chi connectivity index (χ0n) is 15.9. The van der Waals surface area contributed by atoms with Crippen LogP contribution in [0.5, 0.6) is 0 Å². The number of ether oxygens (including phenoxy) is 2. The standard InChI is InChI=1S/C18H26FN3O5/c1-11(23)26-16-10-22(17(24)27-18(2,3)4)8-7-14(16)20-15-9-12(19)5-6-13(15)21-25/h5-6,9,14,16,20-21,25H,7-8,10H2,1-4H3/t14-,16-/m0/s1. The highest BCUT2D eigenvalue weighted by Gasteiger charge is 2.35. The van der Waals surface area contributed by atoms with Crippen molar-refractivity contribution in [2.45, 2.75) is 51.9 Å². The second kappa shape index (κ2) is 8.43. The van der Waals surface area contributed by atoms with Gasteiger partial charge in [0.2, 0.25) is 0 Å². The van der Waals surface area contributed by atoms with Gasteiger partial charge in [0.25, 0.3) is 0 Å². The van der Waals surface area contributed by atoms with Gasteiger partial charge in [-0.2, -0.15) is 0 Å². The molecule has 0 saturated carbocycles. The van der Waals surface area contributed by atoms with Crippen molar-refractivity contribution in [3.63, 3.8) is 0 Å². The van der Waals surface area contributed by atoms with Gasteiger partial charge in [-0.3, -0.25) is 15.5 Å². The maximum atomic E-state index is 13.6. The fraction of sp³-hybridized carbons (Fsp3) is 0.556. The first kappa shape index (κ1) is 20.8. The normalized spacial score (nSPS) is 20.0. The van der Waals surface area contributed by atoms with E-state index in [1.165, 1.54) is 30.0 Å². The summed E-state index contributed by atoms with van der Waals surface area (Å²) >= 11 is 0. The van der Waals surface area contributed by atoms with Gasteiger partial charge in [-0.05, 0) is 45.4 Å². The van der Waals surface area contributed by atoms with Crippen LogP contribution in [0.4, 0.5) is 20.6 Å². The Hall–Kier alpha value is -2.55. The van der Waals surface area contributed by atoms with Crippen molar-refractivity contribution in [3.05, 3.63) is 24.0 Å². The lowest BCUT2D eigenvalue weighted by Gasteiger charge is -2.39. The highest BCUT2D eigenvalue weighted by Crippen LogP contribution is 2.27. The highest BCUT2D eigenvalue weighted by atomic mass is 19.1. The molecular weight excluding hydrogens is 357 g/mol. The van der Waals surface area contributed by atoms with Crippen LogP contribution in [0.2, 0.25) is 0 Å². The Kier molecular flexibility index (Phi) is 6.48. The molecule has 3 N–H and O–H groups in total. The van der Waals surface area contributed by atoms with Crippen molar-refractivity contribution in [2.24, 2.45) is 0 Å². The van der Waals surface area contributed by atoms with Crippen LogP contribution >= 0.6 is 0 Å². The Morgan fingerprint density at radius 3 is 2.59 bits per heavy atom. The summed E-state index contributed by atoms with van der Waals surface area (Å²) in [5.74, 6) is -0.968. The Morgan fingerprint density at radius 1 is 1.30 bits per heavy atom. The van der Waals surface area contributed by atoms with Gasteiger partial charge in [-0.25, -0.2) is 9.18 Å². The Bertz CT molecular complexity index is 692. The number of amides is 1. The number of rotatable bonds is 4. The van der Waals surface area contributed by atoms with E-state index in [2.05, 4.69) is 5.32 Å². The zero-order valence-corrected chi connectivity index (χ0v) is 15.9. The maximum Gasteiger partial charge on any atom is 0.410 e. The van der Waals surface area contributed by atoms with Crippen molar-refractivity contribution >= 4 is 23.4 Å². The number of nitrogens with zero attached hydrogens (tertiary/aromatic N) is 1. The molecule has 1 saturated heterocycles. The molecule has 0 radical (unpaired) electrons. The van der Waals surface area contributed by atoms with Crippen LogP contribution in [0.3, 0.4) is 0 Å². The van der Waals surface area contributed by atoms with E-state index in [9.17, 15) is 19.2 Å². The molecule has 9 heteroatoms. The molecule has 1 aliphatic heterocycles. The summed E-state index contributed by atoms with van der Waals surface area (Å²) in [6, 6.07) is 3.44. The van der Waals surface area contributed by atoms with Gasteiger partial charge in [-0.1, -0.05) is 0 Å². The molecule has 1 aromatic carbocycles. The number of halogens is 1. The van der Waals surface area contributed by atoms with Gasteiger partial charge >= 0.3 is 12.1 Å². The summed E-state index contributed by atoms with van der Waals surface area (Å²) in [7, 11) is 0. The van der Waals surface area contributed by atoms with Crippen LogP contribution in [0, 0.1) is 5.82 Å². The van der Waals surface area contributed by atoms with Crippen molar-refractivity contribution in [1.29, 1.82) is 0 Å². The van der Waals surface area contributed by atoms with E-state index in [1.807, 2.05) is 5.48 Å². The van der Waals surface area contributed by atoms with E-state index in [0.29, 0.717) is 18.7 Å². The molecule has 150 valence electrons. The first-order valence-electron chi connectivity index (χ1n) is 8.70. The van der Waals surface area contributed by atoms with Crippen LogP contribution < -0.4 is 10.8 Å². The van der Waals surface area contributed by atoms with E-state index in [0.717, 1.165) is 0 Å². The summed E-state index contributed by atoms with van der Waals surface area (Å²) < 4.78 is 24.3. The SMILES string of the molecule is CC(=O)O[C@H]1CN(C(=O)OC(C)(C)C)CC[C@@H]1Nc1cc(F)ccc1NO. The predicted octanol–water partition coefficient (Wildman–Crippen LogP) is 2.98. The lowest BCUT2D eigenvalue weighted by atomic mass is 10.0. The van der Waals surface area contributed by atoms with E-state index in [4.69, 9.17) is 9.47 Å². The second-order valence-electron chi connectivity index (χ2n) is 7.42. The molecule has 1 fully saturated rings. The number of anilines is 2. The number of nitrogens with one attached hydrogen (secondary N) is 2. The lowest BCUT2D eigenvalue weighted by Crippen LogP contribution is -2.54. The molecule has 1 amide bonds. The molecule has 2 atom stereocenters. The summed E-state index contributed by atoms with van der Waals surface area (Å²) in [4.78, 5) is 25.3. The van der Waals surface area contributed by atoms with Gasteiger partial charge in [0.15, 0.2) is 0 Å². The molecule has 0 aliphatic carbocycles. The number of hydrogen-bond donors (Lipinski definition) is 3. The van der Waals surface area contributed by atoms with Gasteiger partial charge in [0.1, 0.15) is 17.5 Å². The minimum Gasteiger partial charge on any atom is -0.458 e. The van der Waals surface area contributed by atoms with E-state index < -0.39 is 29.6 Å². The first-order chi connectivity index (χ1) is 12.6. The van der Waals surface area contributed by atoms with Crippen LogP contribution in [-0.4, -0.2) is 53.0 Å². The number of likely N-dealkylation sites (tertiary alicyclic amines) is 1. The molecule has 0 unspecified atom stereocenters. The summed E-state index contributed by atoms with van der Waals surface area (Å²) in [6.07, 6.45) is -0.696. The van der Waals surface area contributed by atoms with Gasteiger partial charge in [0, 0.05) is 13.5 Å². The van der Waals surface area contributed by atoms with Gasteiger partial charge in [0.05, 0.1) is 24.0 Å². The number of hydrogen-bond acceptors (Lipinski definition) is 7. The average Bonchev–Trinajstić information content (AvgIpc) is 2.54. The number of benzene rings is 1. The monoisotopic (exact) mass is 383 g/mol. The number of carbonyl (C=O) groups excluding carboxylic acids is 2. The summed E-state index contributed by atoms with van der Waals surface area (Å²) in [5.41, 5.74) is 1.98. The van der Waals surface area contributed by atoms with E-state index >= 15 is 0 Å². The second-order valence-corrected chi connectivity index (χ2v) is 7.42. The van der Waals surface area contributed by atoms with E-state index in [1.54, 1.807) is 20.8 Å². The Labute approximate surface area is 157 Å². The molecule has 0 bridgehead atoms. The lowest BCUT2D eigenvalue weighted by molar-refractivity contribution is -0.149.